The van der Waals surface area contributed by atoms with Gasteiger partial charge in [-0.1, -0.05) is 25.5 Å². The summed E-state index contributed by atoms with van der Waals surface area (Å²) >= 11 is 0. The van der Waals surface area contributed by atoms with Crippen LogP contribution in [-0.4, -0.2) is 39.0 Å². The highest BCUT2D eigenvalue weighted by Crippen LogP contribution is 2.11. The second-order valence-corrected chi connectivity index (χ2v) is 5.25. The van der Waals surface area contributed by atoms with Crippen molar-refractivity contribution >= 4 is 5.91 Å². The van der Waals surface area contributed by atoms with Crippen LogP contribution < -0.4 is 5.32 Å². The van der Waals surface area contributed by atoms with Crippen molar-refractivity contribution in [3.8, 4) is 5.75 Å². The van der Waals surface area contributed by atoms with E-state index in [-0.39, 0.29) is 18.3 Å². The first-order valence-electron chi connectivity index (χ1n) is 7.36. The molecule has 0 unspecified atom stereocenters. The Labute approximate surface area is 129 Å². The highest BCUT2D eigenvalue weighted by molar-refractivity contribution is 5.92. The van der Waals surface area contributed by atoms with E-state index < -0.39 is 6.04 Å². The summed E-state index contributed by atoms with van der Waals surface area (Å²) in [4.78, 5) is 12.1. The van der Waals surface area contributed by atoms with Gasteiger partial charge in [-0.3, -0.25) is 9.89 Å². The monoisotopic (exact) mass is 303 g/mol. The molecule has 6 heteroatoms. The van der Waals surface area contributed by atoms with Crippen LogP contribution >= 0.6 is 0 Å². The molecule has 1 heterocycles. The number of benzene rings is 1. The second kappa shape index (κ2) is 7.61. The number of phenolic OH excluding ortho intramolecular Hbond substituents is 1. The third-order valence-electron chi connectivity index (χ3n) is 3.36. The van der Waals surface area contributed by atoms with Gasteiger partial charge in [-0.25, -0.2) is 0 Å². The molecule has 0 radical (unpaired) electrons. The predicted octanol–water partition coefficient (Wildman–Crippen LogP) is 1.40. The smallest absolute Gasteiger partial charge is 0.272 e. The van der Waals surface area contributed by atoms with Crippen molar-refractivity contribution in [2.45, 2.75) is 32.2 Å². The number of amides is 1. The second-order valence-electron chi connectivity index (χ2n) is 5.25. The normalized spacial score (nSPS) is 12.1. The SMILES string of the molecule is CCCc1cc(C(=O)N[C@H](CO)Cc2ccc(O)cc2)n[nH]1. The largest absolute Gasteiger partial charge is 0.508 e. The highest BCUT2D eigenvalue weighted by Gasteiger charge is 2.16. The number of carbonyl (C=O) groups excluding carboxylic acids is 1. The van der Waals surface area contributed by atoms with Crippen molar-refractivity contribution in [3.63, 3.8) is 0 Å². The molecule has 0 saturated carbocycles. The van der Waals surface area contributed by atoms with Gasteiger partial charge in [-0.05, 0) is 36.6 Å². The van der Waals surface area contributed by atoms with Gasteiger partial charge in [-0.2, -0.15) is 5.10 Å². The molecule has 118 valence electrons. The van der Waals surface area contributed by atoms with Gasteiger partial charge < -0.3 is 15.5 Å². The molecule has 2 rings (SSSR count). The first-order valence-corrected chi connectivity index (χ1v) is 7.36. The lowest BCUT2D eigenvalue weighted by Crippen LogP contribution is -2.39. The van der Waals surface area contributed by atoms with Gasteiger partial charge in [0.05, 0.1) is 12.6 Å². The van der Waals surface area contributed by atoms with E-state index >= 15 is 0 Å². The Bertz CT molecular complexity index is 607. The standard InChI is InChI=1S/C16H21N3O3/c1-2-3-12-9-15(19-18-12)16(22)17-13(10-20)8-11-4-6-14(21)7-5-11/h4-7,9,13,20-21H,2-3,8,10H2,1H3,(H,17,22)(H,18,19)/t13-/m0/s1. The fourth-order valence-electron chi connectivity index (χ4n) is 2.21. The van der Waals surface area contributed by atoms with Gasteiger partial charge in [0.1, 0.15) is 11.4 Å². The number of nitrogens with one attached hydrogen (secondary N) is 2. The maximum absolute atomic E-state index is 12.1. The third kappa shape index (κ3) is 4.33. The number of aromatic nitrogens is 2. The van der Waals surface area contributed by atoms with Crippen LogP contribution in [0.25, 0.3) is 0 Å². The number of phenols is 1. The number of aromatic hydroxyl groups is 1. The summed E-state index contributed by atoms with van der Waals surface area (Å²) in [5, 5.41) is 28.3. The quantitative estimate of drug-likeness (QED) is 0.621. The van der Waals surface area contributed by atoms with Crippen LogP contribution in [0.2, 0.25) is 0 Å². The zero-order chi connectivity index (χ0) is 15.9. The Morgan fingerprint density at radius 1 is 1.36 bits per heavy atom. The van der Waals surface area contributed by atoms with E-state index in [9.17, 15) is 15.0 Å². The van der Waals surface area contributed by atoms with Crippen molar-refractivity contribution in [2.75, 3.05) is 6.61 Å². The van der Waals surface area contributed by atoms with Crippen molar-refractivity contribution in [3.05, 3.63) is 47.3 Å². The molecule has 22 heavy (non-hydrogen) atoms. The van der Waals surface area contributed by atoms with Crippen LogP contribution in [0.4, 0.5) is 0 Å². The minimum atomic E-state index is -0.400. The summed E-state index contributed by atoms with van der Waals surface area (Å²) in [6.07, 6.45) is 2.30. The average molecular weight is 303 g/mol. The van der Waals surface area contributed by atoms with Gasteiger partial charge in [0.15, 0.2) is 0 Å². The zero-order valence-corrected chi connectivity index (χ0v) is 12.5. The Morgan fingerprint density at radius 3 is 2.73 bits per heavy atom. The first-order chi connectivity index (χ1) is 10.6. The average Bonchev–Trinajstić information content (AvgIpc) is 2.98. The van der Waals surface area contributed by atoms with Crippen LogP contribution in [0.3, 0.4) is 0 Å². The molecule has 0 aliphatic carbocycles. The third-order valence-corrected chi connectivity index (χ3v) is 3.36. The van der Waals surface area contributed by atoms with Crippen molar-refractivity contribution in [1.82, 2.24) is 15.5 Å². The molecule has 0 bridgehead atoms. The summed E-state index contributed by atoms with van der Waals surface area (Å²) in [5.41, 5.74) is 2.17. The van der Waals surface area contributed by atoms with Crippen molar-refractivity contribution in [1.29, 1.82) is 0 Å². The highest BCUT2D eigenvalue weighted by atomic mass is 16.3. The number of hydrogen-bond acceptors (Lipinski definition) is 4. The Morgan fingerprint density at radius 2 is 2.09 bits per heavy atom. The summed E-state index contributed by atoms with van der Waals surface area (Å²) in [5.74, 6) is -0.121. The van der Waals surface area contributed by atoms with Crippen LogP contribution in [0, 0.1) is 0 Å². The fourth-order valence-corrected chi connectivity index (χ4v) is 2.21. The summed E-state index contributed by atoms with van der Waals surface area (Å²) in [7, 11) is 0. The minimum absolute atomic E-state index is 0.168. The molecule has 2 aromatic rings. The fraction of sp³-hybridized carbons (Fsp3) is 0.375. The molecule has 0 aliphatic heterocycles. The number of aliphatic hydroxyl groups excluding tert-OH is 1. The number of aryl methyl sites for hydroxylation is 1. The van der Waals surface area contributed by atoms with E-state index in [0.29, 0.717) is 12.1 Å². The van der Waals surface area contributed by atoms with E-state index in [1.165, 1.54) is 0 Å². The molecule has 1 amide bonds. The molecule has 0 spiro atoms. The number of carbonyl (C=O) groups is 1. The Balaban J connectivity index is 1.96. The van der Waals surface area contributed by atoms with Crippen LogP contribution in [0.1, 0.15) is 35.1 Å². The van der Waals surface area contributed by atoms with E-state index in [0.717, 1.165) is 24.1 Å². The number of hydrogen-bond donors (Lipinski definition) is 4. The maximum Gasteiger partial charge on any atom is 0.272 e. The van der Waals surface area contributed by atoms with E-state index in [1.807, 2.05) is 0 Å². The Hall–Kier alpha value is -2.34. The maximum atomic E-state index is 12.1. The topological polar surface area (TPSA) is 98.2 Å². The molecule has 6 nitrogen and oxygen atoms in total. The van der Waals surface area contributed by atoms with Crippen molar-refractivity contribution in [2.24, 2.45) is 0 Å². The number of nitrogens with zero attached hydrogens (tertiary/aromatic N) is 1. The Kier molecular flexibility index (Phi) is 5.55. The molecular weight excluding hydrogens is 282 g/mol. The first kappa shape index (κ1) is 16.0. The lowest BCUT2D eigenvalue weighted by Gasteiger charge is -2.15. The number of H-pyrrole nitrogens is 1. The van der Waals surface area contributed by atoms with Gasteiger partial charge >= 0.3 is 0 Å². The van der Waals surface area contributed by atoms with E-state index in [2.05, 4.69) is 22.4 Å². The van der Waals surface area contributed by atoms with E-state index in [4.69, 9.17) is 0 Å². The summed E-state index contributed by atoms with van der Waals surface area (Å²) in [6.45, 7) is 1.89. The molecule has 0 aliphatic rings. The molecular formula is C16H21N3O3. The van der Waals surface area contributed by atoms with Crippen molar-refractivity contribution < 1.29 is 15.0 Å². The zero-order valence-electron chi connectivity index (χ0n) is 12.5. The molecule has 4 N–H and O–H groups in total. The summed E-state index contributed by atoms with van der Waals surface area (Å²) in [6, 6.07) is 8.01. The lowest BCUT2D eigenvalue weighted by molar-refractivity contribution is 0.0911. The number of aromatic amines is 1. The van der Waals surface area contributed by atoms with Gasteiger partial charge in [0.2, 0.25) is 0 Å². The van der Waals surface area contributed by atoms with Crippen LogP contribution in [-0.2, 0) is 12.8 Å². The van der Waals surface area contributed by atoms with Crippen LogP contribution in [0.5, 0.6) is 5.75 Å². The molecule has 0 saturated heterocycles. The summed E-state index contributed by atoms with van der Waals surface area (Å²) < 4.78 is 0. The number of rotatable bonds is 7. The van der Waals surface area contributed by atoms with Gasteiger partial charge in [-0.15, -0.1) is 0 Å². The van der Waals surface area contributed by atoms with Crippen LogP contribution in [0.15, 0.2) is 30.3 Å². The molecule has 1 aromatic heterocycles. The lowest BCUT2D eigenvalue weighted by atomic mass is 10.1. The molecule has 0 fully saturated rings. The predicted molar refractivity (Wildman–Crippen MR) is 82.7 cm³/mol. The molecule has 1 atom stereocenters. The van der Waals surface area contributed by atoms with E-state index in [1.54, 1.807) is 30.3 Å². The van der Waals surface area contributed by atoms with Gasteiger partial charge in [0, 0.05) is 5.69 Å². The van der Waals surface area contributed by atoms with Gasteiger partial charge in [0.25, 0.3) is 5.91 Å². The minimum Gasteiger partial charge on any atom is -0.508 e. The molecule has 1 aromatic carbocycles. The number of aliphatic hydroxyl groups is 1.